The first kappa shape index (κ1) is 18.1. The molecule has 1 aliphatic heterocycles. The summed E-state index contributed by atoms with van der Waals surface area (Å²) in [6.45, 7) is 4.67. The van der Waals surface area contributed by atoms with E-state index in [0.717, 1.165) is 18.8 Å². The van der Waals surface area contributed by atoms with E-state index in [0.29, 0.717) is 29.9 Å². The number of sulfonamides is 1. The Balaban J connectivity index is 1.74. The number of hydrogen-bond acceptors (Lipinski definition) is 6. The van der Waals surface area contributed by atoms with Crippen molar-refractivity contribution in [2.45, 2.75) is 18.4 Å². The van der Waals surface area contributed by atoms with Crippen LogP contribution < -0.4 is 9.62 Å². The molecule has 1 fully saturated rings. The van der Waals surface area contributed by atoms with Gasteiger partial charge in [0, 0.05) is 23.8 Å². The summed E-state index contributed by atoms with van der Waals surface area (Å²) in [7, 11) is -3.63. The van der Waals surface area contributed by atoms with E-state index in [2.05, 4.69) is 14.7 Å². The molecule has 0 amide bonds. The molecule has 25 heavy (non-hydrogen) atoms. The molecule has 7 nitrogen and oxygen atoms in total. The Kier molecular flexibility index (Phi) is 5.53. The Morgan fingerprint density at radius 3 is 2.56 bits per heavy atom. The largest absolute Gasteiger partial charge is 0.378 e. The van der Waals surface area contributed by atoms with E-state index < -0.39 is 10.0 Å². The number of hydrogen-bond donors (Lipinski definition) is 1. The van der Waals surface area contributed by atoms with Crippen molar-refractivity contribution in [3.8, 4) is 0 Å². The van der Waals surface area contributed by atoms with Gasteiger partial charge in [0.05, 0.1) is 30.3 Å². The lowest BCUT2D eigenvalue weighted by atomic mass is 10.3. The summed E-state index contributed by atoms with van der Waals surface area (Å²) >= 11 is 5.80. The Bertz CT molecular complexity index is 837. The van der Waals surface area contributed by atoms with E-state index >= 15 is 0 Å². The smallest absolute Gasteiger partial charge is 0.240 e. The van der Waals surface area contributed by atoms with Gasteiger partial charge in [0.25, 0.3) is 0 Å². The average Bonchev–Trinajstić information content (AvgIpc) is 2.61. The summed E-state index contributed by atoms with van der Waals surface area (Å²) in [5.41, 5.74) is 1.41. The maximum absolute atomic E-state index is 12.4. The monoisotopic (exact) mass is 382 g/mol. The zero-order valence-corrected chi connectivity index (χ0v) is 15.3. The number of nitrogens with one attached hydrogen (secondary N) is 1. The highest BCUT2D eigenvalue weighted by Gasteiger charge is 2.17. The van der Waals surface area contributed by atoms with Crippen LogP contribution in [0.5, 0.6) is 0 Å². The predicted molar refractivity (Wildman–Crippen MR) is 95.3 cm³/mol. The fourth-order valence-electron chi connectivity index (χ4n) is 2.48. The van der Waals surface area contributed by atoms with Gasteiger partial charge >= 0.3 is 0 Å². The molecule has 1 N–H and O–H groups in total. The molecular formula is C16H19ClN4O3S. The van der Waals surface area contributed by atoms with Crippen LogP contribution in [-0.2, 0) is 21.3 Å². The van der Waals surface area contributed by atoms with Crippen molar-refractivity contribution in [2.24, 2.45) is 0 Å². The minimum atomic E-state index is -3.63. The molecule has 0 bridgehead atoms. The van der Waals surface area contributed by atoms with Gasteiger partial charge in [-0.25, -0.2) is 23.1 Å². The molecule has 134 valence electrons. The van der Waals surface area contributed by atoms with Gasteiger partial charge < -0.3 is 9.64 Å². The van der Waals surface area contributed by atoms with Crippen molar-refractivity contribution in [1.82, 2.24) is 14.7 Å². The maximum Gasteiger partial charge on any atom is 0.240 e. The first-order valence-corrected chi connectivity index (χ1v) is 9.73. The van der Waals surface area contributed by atoms with Crippen molar-refractivity contribution in [3.63, 3.8) is 0 Å². The molecule has 3 rings (SSSR count). The molecule has 0 saturated carbocycles. The molecule has 1 aliphatic rings. The summed E-state index contributed by atoms with van der Waals surface area (Å²) in [6.07, 6.45) is 0. The number of anilines is 1. The van der Waals surface area contributed by atoms with Crippen molar-refractivity contribution in [1.29, 1.82) is 0 Å². The van der Waals surface area contributed by atoms with Gasteiger partial charge in [0.15, 0.2) is 0 Å². The van der Waals surface area contributed by atoms with Gasteiger partial charge in [0.1, 0.15) is 0 Å². The summed E-state index contributed by atoms with van der Waals surface area (Å²) < 4.78 is 32.6. The lowest BCUT2D eigenvalue weighted by Crippen LogP contribution is -2.37. The SMILES string of the molecule is Cc1cc(CNS(=O)(=O)c2ccc(Cl)cc2)nc(N2CCOCC2)n1. The first-order chi connectivity index (χ1) is 11.9. The topological polar surface area (TPSA) is 84.4 Å². The number of aryl methyl sites for hydroxylation is 1. The lowest BCUT2D eigenvalue weighted by Gasteiger charge is -2.27. The van der Waals surface area contributed by atoms with Gasteiger partial charge in [-0.3, -0.25) is 0 Å². The van der Waals surface area contributed by atoms with Gasteiger partial charge in [-0.1, -0.05) is 11.6 Å². The van der Waals surface area contributed by atoms with E-state index in [1.54, 1.807) is 18.2 Å². The summed E-state index contributed by atoms with van der Waals surface area (Å²) in [5.74, 6) is 0.601. The number of ether oxygens (including phenoxy) is 1. The predicted octanol–water partition coefficient (Wildman–Crippen LogP) is 1.75. The van der Waals surface area contributed by atoms with E-state index in [1.165, 1.54) is 12.1 Å². The van der Waals surface area contributed by atoms with E-state index in [-0.39, 0.29) is 11.4 Å². The second-order valence-corrected chi connectivity index (χ2v) is 7.88. The Hall–Kier alpha value is -1.74. The van der Waals surface area contributed by atoms with Gasteiger partial charge in [0.2, 0.25) is 16.0 Å². The van der Waals surface area contributed by atoms with Crippen LogP contribution in [0.2, 0.25) is 5.02 Å². The van der Waals surface area contributed by atoms with Gasteiger partial charge in [-0.15, -0.1) is 0 Å². The minimum absolute atomic E-state index is 0.0889. The standard InChI is InChI=1S/C16H19ClN4O3S/c1-12-10-14(20-16(19-12)21-6-8-24-9-7-21)11-18-25(22,23)15-4-2-13(17)3-5-15/h2-5,10,18H,6-9,11H2,1H3. The molecule has 0 atom stereocenters. The van der Waals surface area contributed by atoms with Crippen molar-refractivity contribution < 1.29 is 13.2 Å². The molecule has 2 heterocycles. The maximum atomic E-state index is 12.4. The van der Waals surface area contributed by atoms with E-state index in [4.69, 9.17) is 16.3 Å². The normalized spacial score (nSPS) is 15.4. The molecule has 9 heteroatoms. The summed E-state index contributed by atoms with van der Waals surface area (Å²) in [6, 6.07) is 7.79. The van der Waals surface area contributed by atoms with Crippen LogP contribution in [0.3, 0.4) is 0 Å². The van der Waals surface area contributed by atoms with Gasteiger partial charge in [-0.05, 0) is 37.3 Å². The molecular weight excluding hydrogens is 364 g/mol. The van der Waals surface area contributed by atoms with Crippen molar-refractivity contribution >= 4 is 27.6 Å². The van der Waals surface area contributed by atoms with Crippen LogP contribution in [0.4, 0.5) is 5.95 Å². The summed E-state index contributed by atoms with van der Waals surface area (Å²) in [5, 5.41) is 0.487. The molecule has 0 spiro atoms. The lowest BCUT2D eigenvalue weighted by molar-refractivity contribution is 0.122. The second-order valence-electron chi connectivity index (χ2n) is 5.68. The highest BCUT2D eigenvalue weighted by molar-refractivity contribution is 7.89. The molecule has 1 aromatic heterocycles. The molecule has 1 aromatic carbocycles. The number of morpholine rings is 1. The van der Waals surface area contributed by atoms with Crippen LogP contribution in [-0.4, -0.2) is 44.7 Å². The van der Waals surface area contributed by atoms with E-state index in [1.807, 2.05) is 11.8 Å². The first-order valence-electron chi connectivity index (χ1n) is 7.86. The Morgan fingerprint density at radius 1 is 1.20 bits per heavy atom. The third-order valence-corrected chi connectivity index (χ3v) is 5.43. The number of aromatic nitrogens is 2. The number of benzene rings is 1. The van der Waals surface area contributed by atoms with Crippen molar-refractivity contribution in [3.05, 3.63) is 46.7 Å². The Labute approximate surface area is 152 Å². The number of rotatable bonds is 5. The molecule has 1 saturated heterocycles. The zero-order chi connectivity index (χ0) is 17.9. The quantitative estimate of drug-likeness (QED) is 0.848. The van der Waals surface area contributed by atoms with Crippen LogP contribution in [0.15, 0.2) is 35.2 Å². The molecule has 2 aromatic rings. The molecule has 0 aliphatic carbocycles. The number of nitrogens with zero attached hydrogens (tertiary/aromatic N) is 3. The highest BCUT2D eigenvalue weighted by Crippen LogP contribution is 2.15. The number of halogens is 1. The average molecular weight is 383 g/mol. The third-order valence-electron chi connectivity index (χ3n) is 3.76. The third kappa shape index (κ3) is 4.66. The van der Waals surface area contributed by atoms with Crippen LogP contribution >= 0.6 is 11.6 Å². The fraction of sp³-hybridized carbons (Fsp3) is 0.375. The molecule has 0 unspecified atom stereocenters. The van der Waals surface area contributed by atoms with E-state index in [9.17, 15) is 8.42 Å². The second kappa shape index (κ2) is 7.65. The molecule has 0 radical (unpaired) electrons. The highest BCUT2D eigenvalue weighted by atomic mass is 35.5. The van der Waals surface area contributed by atoms with Crippen LogP contribution in [0.1, 0.15) is 11.4 Å². The Morgan fingerprint density at radius 2 is 1.88 bits per heavy atom. The summed E-state index contributed by atoms with van der Waals surface area (Å²) in [4.78, 5) is 11.1. The fourth-order valence-corrected chi connectivity index (χ4v) is 3.60. The van der Waals surface area contributed by atoms with Crippen LogP contribution in [0, 0.1) is 6.92 Å². The van der Waals surface area contributed by atoms with Crippen LogP contribution in [0.25, 0.3) is 0 Å². The zero-order valence-electron chi connectivity index (χ0n) is 13.8. The minimum Gasteiger partial charge on any atom is -0.378 e. The van der Waals surface area contributed by atoms with Gasteiger partial charge in [-0.2, -0.15) is 0 Å². The van der Waals surface area contributed by atoms with Crippen molar-refractivity contribution in [2.75, 3.05) is 31.2 Å².